The van der Waals surface area contributed by atoms with E-state index in [9.17, 15) is 4.79 Å². The van der Waals surface area contributed by atoms with Crippen molar-refractivity contribution in [2.75, 3.05) is 0 Å². The molecule has 4 heteroatoms. The van der Waals surface area contributed by atoms with Gasteiger partial charge in [0.2, 0.25) is 5.91 Å². The average Bonchev–Trinajstić information content (AvgIpc) is 2.28. The minimum atomic E-state index is -0.173. The molecule has 0 bridgehead atoms. The summed E-state index contributed by atoms with van der Waals surface area (Å²) in [5.74, 6) is -0.177. The summed E-state index contributed by atoms with van der Waals surface area (Å²) in [4.78, 5) is 11.8. The molecule has 3 atom stereocenters. The van der Waals surface area contributed by atoms with Crippen molar-refractivity contribution in [2.24, 2.45) is 11.7 Å². The highest BCUT2D eigenvalue weighted by Gasteiger charge is 2.19. The van der Waals surface area contributed by atoms with Gasteiger partial charge in [0, 0.05) is 16.4 Å². The molecule has 3 nitrogen and oxygen atoms in total. The van der Waals surface area contributed by atoms with Crippen molar-refractivity contribution in [2.45, 2.75) is 32.9 Å². The van der Waals surface area contributed by atoms with E-state index >= 15 is 0 Å². The van der Waals surface area contributed by atoms with Crippen LogP contribution in [0.4, 0.5) is 0 Å². The first-order valence-corrected chi connectivity index (χ1v) is 6.52. The lowest BCUT2D eigenvalue weighted by molar-refractivity contribution is -0.125. The SMILES string of the molecule is CC(NC(=O)C(C)C(C)N)c1ccc(Br)cc1. The van der Waals surface area contributed by atoms with E-state index in [0.29, 0.717) is 0 Å². The van der Waals surface area contributed by atoms with Gasteiger partial charge in [-0.1, -0.05) is 35.0 Å². The van der Waals surface area contributed by atoms with Crippen LogP contribution in [0.2, 0.25) is 0 Å². The highest BCUT2D eigenvalue weighted by molar-refractivity contribution is 9.10. The molecule has 0 aliphatic heterocycles. The van der Waals surface area contributed by atoms with Gasteiger partial charge < -0.3 is 11.1 Å². The number of rotatable bonds is 4. The molecule has 1 amide bonds. The molecule has 0 aliphatic rings. The van der Waals surface area contributed by atoms with Crippen LogP contribution in [0, 0.1) is 5.92 Å². The summed E-state index contributed by atoms with van der Waals surface area (Å²) in [6, 6.07) is 7.78. The van der Waals surface area contributed by atoms with Crippen molar-refractivity contribution in [3.05, 3.63) is 34.3 Å². The molecule has 94 valence electrons. The quantitative estimate of drug-likeness (QED) is 0.898. The second kappa shape index (κ2) is 6.17. The Morgan fingerprint density at radius 3 is 2.24 bits per heavy atom. The molecule has 0 aliphatic carbocycles. The third-order valence-electron chi connectivity index (χ3n) is 2.93. The van der Waals surface area contributed by atoms with Crippen molar-refractivity contribution in [3.63, 3.8) is 0 Å². The molecule has 0 spiro atoms. The number of nitrogens with two attached hydrogens (primary N) is 1. The minimum absolute atomic E-state index is 0.00296. The Balaban J connectivity index is 2.63. The fourth-order valence-corrected chi connectivity index (χ4v) is 1.68. The maximum atomic E-state index is 11.8. The number of halogens is 1. The summed E-state index contributed by atoms with van der Waals surface area (Å²) < 4.78 is 1.03. The highest BCUT2D eigenvalue weighted by Crippen LogP contribution is 2.17. The fourth-order valence-electron chi connectivity index (χ4n) is 1.42. The van der Waals surface area contributed by atoms with Crippen LogP contribution in [0.3, 0.4) is 0 Å². The van der Waals surface area contributed by atoms with E-state index in [0.717, 1.165) is 10.0 Å². The number of carbonyl (C=O) groups excluding carboxylic acids is 1. The van der Waals surface area contributed by atoms with E-state index in [1.807, 2.05) is 45.0 Å². The molecule has 17 heavy (non-hydrogen) atoms. The van der Waals surface area contributed by atoms with Crippen LogP contribution >= 0.6 is 15.9 Å². The molecule has 3 unspecified atom stereocenters. The molecule has 1 rings (SSSR count). The van der Waals surface area contributed by atoms with Gasteiger partial charge in [0.15, 0.2) is 0 Å². The third kappa shape index (κ3) is 4.13. The lowest BCUT2D eigenvalue weighted by atomic mass is 10.0. The number of benzene rings is 1. The second-order valence-corrected chi connectivity index (χ2v) is 5.35. The molecular weight excluding hydrogens is 280 g/mol. The van der Waals surface area contributed by atoms with Gasteiger partial charge >= 0.3 is 0 Å². The molecule has 0 heterocycles. The lowest BCUT2D eigenvalue weighted by Crippen LogP contribution is -2.39. The number of hydrogen-bond donors (Lipinski definition) is 2. The maximum Gasteiger partial charge on any atom is 0.224 e. The normalized spacial score (nSPS) is 16.1. The smallest absolute Gasteiger partial charge is 0.224 e. The van der Waals surface area contributed by atoms with Gasteiger partial charge in [0.05, 0.1) is 6.04 Å². The second-order valence-electron chi connectivity index (χ2n) is 4.43. The molecular formula is C13H19BrN2O. The Hall–Kier alpha value is -0.870. The van der Waals surface area contributed by atoms with Gasteiger partial charge in [-0.3, -0.25) is 4.79 Å². The van der Waals surface area contributed by atoms with Crippen molar-refractivity contribution >= 4 is 21.8 Å². The number of carbonyl (C=O) groups is 1. The summed E-state index contributed by atoms with van der Waals surface area (Å²) in [5, 5.41) is 2.96. The minimum Gasteiger partial charge on any atom is -0.349 e. The summed E-state index contributed by atoms with van der Waals surface area (Å²) in [5.41, 5.74) is 6.79. The topological polar surface area (TPSA) is 55.1 Å². The van der Waals surface area contributed by atoms with Crippen LogP contribution < -0.4 is 11.1 Å². The molecule has 0 fully saturated rings. The maximum absolute atomic E-state index is 11.8. The monoisotopic (exact) mass is 298 g/mol. The van der Waals surface area contributed by atoms with Gasteiger partial charge in [-0.25, -0.2) is 0 Å². The number of amides is 1. The van der Waals surface area contributed by atoms with Crippen LogP contribution in [0.5, 0.6) is 0 Å². The largest absolute Gasteiger partial charge is 0.349 e. The predicted molar refractivity (Wildman–Crippen MR) is 73.5 cm³/mol. The van der Waals surface area contributed by atoms with Crippen molar-refractivity contribution in [1.29, 1.82) is 0 Å². The van der Waals surface area contributed by atoms with Gasteiger partial charge in [0.1, 0.15) is 0 Å². The van der Waals surface area contributed by atoms with Gasteiger partial charge in [-0.05, 0) is 31.5 Å². The summed E-state index contributed by atoms with van der Waals surface area (Å²) in [6.45, 7) is 5.65. The van der Waals surface area contributed by atoms with Crippen molar-refractivity contribution in [1.82, 2.24) is 5.32 Å². The Labute approximate surface area is 111 Å². The Kier molecular flexibility index (Phi) is 5.15. The van der Waals surface area contributed by atoms with Crippen LogP contribution in [0.25, 0.3) is 0 Å². The third-order valence-corrected chi connectivity index (χ3v) is 3.46. The Bertz CT molecular complexity index is 376. The van der Waals surface area contributed by atoms with Crippen LogP contribution in [-0.4, -0.2) is 11.9 Å². The first-order valence-electron chi connectivity index (χ1n) is 5.73. The van der Waals surface area contributed by atoms with E-state index in [2.05, 4.69) is 21.2 Å². The van der Waals surface area contributed by atoms with Crippen LogP contribution in [0.15, 0.2) is 28.7 Å². The molecule has 0 saturated carbocycles. The van der Waals surface area contributed by atoms with E-state index in [1.54, 1.807) is 0 Å². The zero-order valence-electron chi connectivity index (χ0n) is 10.4. The van der Waals surface area contributed by atoms with E-state index < -0.39 is 0 Å². The lowest BCUT2D eigenvalue weighted by Gasteiger charge is -2.20. The average molecular weight is 299 g/mol. The highest BCUT2D eigenvalue weighted by atomic mass is 79.9. The number of hydrogen-bond acceptors (Lipinski definition) is 2. The molecule has 1 aromatic carbocycles. The molecule has 0 saturated heterocycles. The summed E-state index contributed by atoms with van der Waals surface area (Å²) in [6.07, 6.45) is 0. The first-order chi connectivity index (χ1) is 7.91. The predicted octanol–water partition coefficient (Wildman–Crippen LogP) is 2.61. The van der Waals surface area contributed by atoms with Crippen molar-refractivity contribution in [3.8, 4) is 0 Å². The van der Waals surface area contributed by atoms with E-state index in [1.165, 1.54) is 0 Å². The molecule has 0 radical (unpaired) electrons. The van der Waals surface area contributed by atoms with Gasteiger partial charge in [0.25, 0.3) is 0 Å². The van der Waals surface area contributed by atoms with Crippen molar-refractivity contribution < 1.29 is 4.79 Å². The Morgan fingerprint density at radius 2 is 1.76 bits per heavy atom. The van der Waals surface area contributed by atoms with Gasteiger partial charge in [-0.15, -0.1) is 0 Å². The summed E-state index contributed by atoms with van der Waals surface area (Å²) >= 11 is 3.38. The molecule has 1 aromatic rings. The van der Waals surface area contributed by atoms with Crippen LogP contribution in [0.1, 0.15) is 32.4 Å². The van der Waals surface area contributed by atoms with Gasteiger partial charge in [-0.2, -0.15) is 0 Å². The standard InChI is InChI=1S/C13H19BrN2O/c1-8(9(2)15)13(17)16-10(3)11-4-6-12(14)7-5-11/h4-10H,15H2,1-3H3,(H,16,17). The zero-order chi connectivity index (χ0) is 13.0. The molecule has 3 N–H and O–H groups in total. The Morgan fingerprint density at radius 1 is 1.24 bits per heavy atom. The van der Waals surface area contributed by atoms with Crippen LogP contribution in [-0.2, 0) is 4.79 Å². The zero-order valence-corrected chi connectivity index (χ0v) is 12.0. The fraction of sp³-hybridized carbons (Fsp3) is 0.462. The number of nitrogens with one attached hydrogen (secondary N) is 1. The first kappa shape index (κ1) is 14.2. The van der Waals surface area contributed by atoms with E-state index in [-0.39, 0.29) is 23.9 Å². The van der Waals surface area contributed by atoms with E-state index in [4.69, 9.17) is 5.73 Å². The summed E-state index contributed by atoms with van der Waals surface area (Å²) in [7, 11) is 0. The molecule has 0 aromatic heterocycles.